The fourth-order valence-corrected chi connectivity index (χ4v) is 2.89. The molecule has 0 saturated heterocycles. The van der Waals surface area contributed by atoms with Crippen LogP contribution in [0.15, 0.2) is 48.7 Å². The van der Waals surface area contributed by atoms with E-state index in [2.05, 4.69) is 16.8 Å². The number of carbonyl (C=O) groups is 1. The number of aryl methyl sites for hydroxylation is 1. The van der Waals surface area contributed by atoms with Crippen LogP contribution >= 0.6 is 0 Å². The van der Waals surface area contributed by atoms with Gasteiger partial charge in [0.1, 0.15) is 18.2 Å². The Morgan fingerprint density at radius 1 is 1.07 bits per heavy atom. The fraction of sp³-hybridized carbons (Fsp3) is 0.455. The van der Waals surface area contributed by atoms with Crippen LogP contribution in [0.3, 0.4) is 0 Å². The van der Waals surface area contributed by atoms with E-state index >= 15 is 0 Å². The highest BCUT2D eigenvalue weighted by molar-refractivity contribution is 5.67. The Labute approximate surface area is 162 Å². The van der Waals surface area contributed by atoms with Crippen LogP contribution in [0.4, 0.5) is 5.82 Å². The Bertz CT molecular complexity index is 659. The molecule has 2 aromatic rings. The summed E-state index contributed by atoms with van der Waals surface area (Å²) in [7, 11) is 0. The second-order valence-corrected chi connectivity index (χ2v) is 6.62. The van der Waals surface area contributed by atoms with Crippen molar-refractivity contribution in [2.75, 3.05) is 24.6 Å². The number of anilines is 1. The number of hydrogen-bond acceptors (Lipinski definition) is 4. The third-order valence-electron chi connectivity index (χ3n) is 4.44. The van der Waals surface area contributed by atoms with E-state index in [1.54, 1.807) is 0 Å². The maximum Gasteiger partial charge on any atom is 0.303 e. The number of aromatic nitrogens is 1. The highest BCUT2D eigenvalue weighted by atomic mass is 16.5. The molecule has 27 heavy (non-hydrogen) atoms. The van der Waals surface area contributed by atoms with Gasteiger partial charge in [0.2, 0.25) is 0 Å². The van der Waals surface area contributed by atoms with Gasteiger partial charge in [-0.2, -0.15) is 0 Å². The molecule has 5 heteroatoms. The van der Waals surface area contributed by atoms with Crippen molar-refractivity contribution in [2.24, 2.45) is 0 Å². The van der Waals surface area contributed by atoms with Gasteiger partial charge in [0.05, 0.1) is 6.54 Å². The van der Waals surface area contributed by atoms with Crippen LogP contribution in [0.2, 0.25) is 0 Å². The minimum Gasteiger partial charge on any atom is -0.492 e. The summed E-state index contributed by atoms with van der Waals surface area (Å²) in [4.78, 5) is 17.4. The average Bonchev–Trinajstić information content (AvgIpc) is 2.70. The van der Waals surface area contributed by atoms with Crippen molar-refractivity contribution >= 4 is 11.8 Å². The number of carboxylic acids is 1. The molecule has 0 atom stereocenters. The zero-order valence-electron chi connectivity index (χ0n) is 16.1. The number of hydrogen-bond donors (Lipinski definition) is 1. The number of pyridine rings is 1. The first kappa shape index (κ1) is 20.7. The molecule has 1 heterocycles. The molecule has 0 aliphatic heterocycles. The van der Waals surface area contributed by atoms with E-state index in [1.807, 2.05) is 48.7 Å². The molecule has 0 radical (unpaired) electrons. The van der Waals surface area contributed by atoms with Crippen LogP contribution in [0.1, 0.15) is 44.6 Å². The first-order chi connectivity index (χ1) is 13.2. The fourth-order valence-electron chi connectivity index (χ4n) is 2.89. The minimum absolute atomic E-state index is 0.150. The molecule has 1 aromatic carbocycles. The topological polar surface area (TPSA) is 62.7 Å². The number of nitrogens with zero attached hydrogens (tertiary/aromatic N) is 2. The summed E-state index contributed by atoms with van der Waals surface area (Å²) < 4.78 is 5.88. The smallest absolute Gasteiger partial charge is 0.303 e. The molecule has 1 aromatic heterocycles. The lowest BCUT2D eigenvalue weighted by molar-refractivity contribution is -0.136. The van der Waals surface area contributed by atoms with Gasteiger partial charge in [-0.15, -0.1) is 0 Å². The lowest BCUT2D eigenvalue weighted by Crippen LogP contribution is -2.30. The standard InChI is InChI=1S/C22H30N2O3/c1-2-3-4-7-16-24(21-8-5-6-15-23-21)17-18-27-20-12-9-19(10-13-20)11-14-22(25)26/h5-6,8-10,12-13,15H,2-4,7,11,14,16-18H2,1H3,(H,25,26). The zero-order valence-corrected chi connectivity index (χ0v) is 16.1. The Balaban J connectivity index is 1.82. The Morgan fingerprint density at radius 3 is 2.56 bits per heavy atom. The SMILES string of the molecule is CCCCCCN(CCOc1ccc(CCC(=O)O)cc1)c1ccccn1. The number of carboxylic acid groups (broad SMARTS) is 1. The van der Waals surface area contributed by atoms with E-state index in [0.29, 0.717) is 13.0 Å². The molecule has 0 saturated carbocycles. The van der Waals surface area contributed by atoms with Gasteiger partial charge < -0.3 is 14.7 Å². The summed E-state index contributed by atoms with van der Waals surface area (Å²) in [6.07, 6.45) is 7.40. The van der Waals surface area contributed by atoms with Gasteiger partial charge in [-0.25, -0.2) is 4.98 Å². The highest BCUT2D eigenvalue weighted by Crippen LogP contribution is 2.15. The van der Waals surface area contributed by atoms with Gasteiger partial charge in [0.15, 0.2) is 0 Å². The van der Waals surface area contributed by atoms with E-state index < -0.39 is 5.97 Å². The monoisotopic (exact) mass is 370 g/mol. The normalized spacial score (nSPS) is 10.6. The van der Waals surface area contributed by atoms with Crippen LogP contribution in [0.5, 0.6) is 5.75 Å². The number of ether oxygens (including phenoxy) is 1. The highest BCUT2D eigenvalue weighted by Gasteiger charge is 2.08. The van der Waals surface area contributed by atoms with Gasteiger partial charge in [-0.3, -0.25) is 4.79 Å². The Hall–Kier alpha value is -2.56. The quantitative estimate of drug-likeness (QED) is 0.524. The summed E-state index contributed by atoms with van der Waals surface area (Å²) in [5, 5.41) is 8.75. The third kappa shape index (κ3) is 8.11. The van der Waals surface area contributed by atoms with Crippen molar-refractivity contribution in [1.29, 1.82) is 0 Å². The number of benzene rings is 1. The summed E-state index contributed by atoms with van der Waals surface area (Å²) in [5.74, 6) is 1.02. The summed E-state index contributed by atoms with van der Waals surface area (Å²) in [6, 6.07) is 13.7. The zero-order chi connectivity index (χ0) is 19.3. The molecule has 5 nitrogen and oxygen atoms in total. The molecule has 0 bridgehead atoms. The molecular formula is C22H30N2O3. The maximum absolute atomic E-state index is 10.6. The van der Waals surface area contributed by atoms with E-state index in [1.165, 1.54) is 19.3 Å². The van der Waals surface area contributed by atoms with Crippen LogP contribution in [0.25, 0.3) is 0 Å². The van der Waals surface area contributed by atoms with Crippen LogP contribution in [-0.2, 0) is 11.2 Å². The second-order valence-electron chi connectivity index (χ2n) is 6.62. The van der Waals surface area contributed by atoms with Crippen LogP contribution in [-0.4, -0.2) is 35.8 Å². The molecule has 2 rings (SSSR count). The van der Waals surface area contributed by atoms with Gasteiger partial charge in [-0.05, 0) is 42.7 Å². The number of unbranched alkanes of at least 4 members (excludes halogenated alkanes) is 3. The Morgan fingerprint density at radius 2 is 1.89 bits per heavy atom. The molecule has 0 amide bonds. The first-order valence-electron chi connectivity index (χ1n) is 9.78. The largest absolute Gasteiger partial charge is 0.492 e. The van der Waals surface area contributed by atoms with E-state index in [4.69, 9.17) is 9.84 Å². The van der Waals surface area contributed by atoms with Gasteiger partial charge >= 0.3 is 5.97 Å². The van der Waals surface area contributed by atoms with Gasteiger partial charge in [0.25, 0.3) is 0 Å². The number of rotatable bonds is 13. The molecule has 0 aliphatic carbocycles. The van der Waals surface area contributed by atoms with E-state index in [-0.39, 0.29) is 6.42 Å². The molecule has 0 aliphatic rings. The lowest BCUT2D eigenvalue weighted by Gasteiger charge is -2.23. The van der Waals surface area contributed by atoms with Crippen molar-refractivity contribution in [2.45, 2.75) is 45.4 Å². The van der Waals surface area contributed by atoms with Crippen LogP contribution in [0, 0.1) is 0 Å². The molecular weight excluding hydrogens is 340 g/mol. The molecule has 0 unspecified atom stereocenters. The molecule has 146 valence electrons. The predicted molar refractivity (Wildman–Crippen MR) is 108 cm³/mol. The predicted octanol–water partition coefficient (Wildman–Crippen LogP) is 4.56. The maximum atomic E-state index is 10.6. The van der Waals surface area contributed by atoms with E-state index in [9.17, 15) is 4.79 Å². The van der Waals surface area contributed by atoms with Crippen molar-refractivity contribution in [3.05, 3.63) is 54.2 Å². The lowest BCUT2D eigenvalue weighted by atomic mass is 10.1. The van der Waals surface area contributed by atoms with Crippen LogP contribution < -0.4 is 9.64 Å². The summed E-state index contributed by atoms with van der Waals surface area (Å²) in [6.45, 7) is 4.56. The van der Waals surface area contributed by atoms with Crippen molar-refractivity contribution in [3.63, 3.8) is 0 Å². The van der Waals surface area contributed by atoms with Crippen molar-refractivity contribution < 1.29 is 14.6 Å². The van der Waals surface area contributed by atoms with E-state index in [0.717, 1.165) is 36.6 Å². The molecule has 1 N–H and O–H groups in total. The second kappa shape index (κ2) is 11.9. The minimum atomic E-state index is -0.774. The Kier molecular flexibility index (Phi) is 9.18. The third-order valence-corrected chi connectivity index (χ3v) is 4.44. The average molecular weight is 370 g/mol. The summed E-state index contributed by atoms with van der Waals surface area (Å²) in [5.41, 5.74) is 1.01. The van der Waals surface area contributed by atoms with Gasteiger partial charge in [-0.1, -0.05) is 44.4 Å². The summed E-state index contributed by atoms with van der Waals surface area (Å²) >= 11 is 0. The number of aliphatic carboxylic acids is 1. The van der Waals surface area contributed by atoms with Gasteiger partial charge in [0, 0.05) is 19.2 Å². The molecule has 0 fully saturated rings. The molecule has 0 spiro atoms. The van der Waals surface area contributed by atoms with Crippen molar-refractivity contribution in [1.82, 2.24) is 4.98 Å². The first-order valence-corrected chi connectivity index (χ1v) is 9.78. The van der Waals surface area contributed by atoms with Crippen molar-refractivity contribution in [3.8, 4) is 5.75 Å².